The molecule has 0 saturated carbocycles. The van der Waals surface area contributed by atoms with E-state index in [4.69, 9.17) is 28.1 Å². The van der Waals surface area contributed by atoms with E-state index in [0.29, 0.717) is 11.3 Å². The van der Waals surface area contributed by atoms with Crippen molar-refractivity contribution in [1.82, 2.24) is 0 Å². The van der Waals surface area contributed by atoms with Crippen LogP contribution in [0.1, 0.15) is 32.1 Å². The molecule has 1 saturated heterocycles. The topological polar surface area (TPSA) is 168 Å². The molecule has 2 aromatic rings. The number of phenols is 1. The van der Waals surface area contributed by atoms with Crippen LogP contribution in [0.5, 0.6) is 11.5 Å². The molecule has 0 radical (unpaired) electrons. The Bertz CT molecular complexity index is 1200. The van der Waals surface area contributed by atoms with Gasteiger partial charge in [-0.3, -0.25) is 19.2 Å². The van der Waals surface area contributed by atoms with Crippen LogP contribution in [-0.2, 0) is 33.3 Å². The lowest BCUT2D eigenvalue weighted by Gasteiger charge is -2.42. The first kappa shape index (κ1) is 26.0. The molecule has 0 spiro atoms. The number of ether oxygens (including phenoxy) is 5. The molecule has 35 heavy (non-hydrogen) atoms. The third-order valence-electron chi connectivity index (χ3n) is 5.22. The predicted molar refractivity (Wildman–Crippen MR) is 117 cm³/mol. The zero-order valence-corrected chi connectivity index (χ0v) is 19.7. The molecule has 0 bridgehead atoms. The summed E-state index contributed by atoms with van der Waals surface area (Å²) in [5.74, 6) is -2.35. The molecule has 3 rings (SSSR count). The van der Waals surface area contributed by atoms with Crippen LogP contribution < -0.4 is 10.2 Å². The van der Waals surface area contributed by atoms with Crippen molar-refractivity contribution >= 4 is 28.9 Å². The van der Waals surface area contributed by atoms with E-state index < -0.39 is 66.4 Å². The van der Waals surface area contributed by atoms with Crippen molar-refractivity contribution < 1.29 is 52.7 Å². The number of aliphatic hydroxyl groups is 1. The third-order valence-corrected chi connectivity index (χ3v) is 5.22. The van der Waals surface area contributed by atoms with E-state index in [0.717, 1.165) is 26.8 Å². The SMILES string of the molecule is CC(=O)OC[C@H]1O[C@@H](Oc2cc(O)c3c(=O)cc(C)oc3c2C)[C@H](OC(C)=O)[C@@H](OC(C)=O)[C@@H]1O. The van der Waals surface area contributed by atoms with Gasteiger partial charge in [-0.25, -0.2) is 0 Å². The fraction of sp³-hybridized carbons (Fsp3) is 0.478. The van der Waals surface area contributed by atoms with Gasteiger partial charge in [-0.2, -0.15) is 0 Å². The van der Waals surface area contributed by atoms with Crippen LogP contribution in [0.3, 0.4) is 0 Å². The lowest BCUT2D eigenvalue weighted by atomic mass is 9.98. The number of phenolic OH excluding ortho intramolecular Hbond substituents is 1. The molecule has 1 aromatic heterocycles. The van der Waals surface area contributed by atoms with Crippen LogP contribution in [0, 0.1) is 13.8 Å². The Hall–Kier alpha value is -3.64. The Morgan fingerprint density at radius 2 is 1.63 bits per heavy atom. The Morgan fingerprint density at radius 1 is 1.00 bits per heavy atom. The minimum atomic E-state index is -1.55. The number of aryl methyl sites for hydroxylation is 2. The lowest BCUT2D eigenvalue weighted by Crippen LogP contribution is -2.62. The van der Waals surface area contributed by atoms with Crippen LogP contribution in [-0.4, -0.2) is 65.4 Å². The summed E-state index contributed by atoms with van der Waals surface area (Å²) in [7, 11) is 0. The van der Waals surface area contributed by atoms with Crippen molar-refractivity contribution in [3.63, 3.8) is 0 Å². The number of benzene rings is 1. The minimum absolute atomic E-state index is 0.00453. The van der Waals surface area contributed by atoms with Crippen LogP contribution >= 0.6 is 0 Å². The molecule has 190 valence electrons. The Balaban J connectivity index is 2.06. The Morgan fingerprint density at radius 3 is 2.23 bits per heavy atom. The predicted octanol–water partition coefficient (Wildman–Crippen LogP) is 1.01. The van der Waals surface area contributed by atoms with E-state index in [1.165, 1.54) is 6.07 Å². The van der Waals surface area contributed by atoms with E-state index in [2.05, 4.69) is 0 Å². The number of aromatic hydroxyl groups is 1. The molecule has 0 aliphatic carbocycles. The lowest BCUT2D eigenvalue weighted by molar-refractivity contribution is -0.285. The Kier molecular flexibility index (Phi) is 7.66. The van der Waals surface area contributed by atoms with Gasteiger partial charge in [0.2, 0.25) is 12.4 Å². The zero-order valence-electron chi connectivity index (χ0n) is 19.7. The van der Waals surface area contributed by atoms with Crippen molar-refractivity contribution in [3.8, 4) is 11.5 Å². The second-order valence-electron chi connectivity index (χ2n) is 8.05. The average Bonchev–Trinajstić information content (AvgIpc) is 2.73. The summed E-state index contributed by atoms with van der Waals surface area (Å²) in [6, 6.07) is 2.39. The second kappa shape index (κ2) is 10.3. The van der Waals surface area contributed by atoms with Crippen molar-refractivity contribution in [2.75, 3.05) is 6.61 Å². The van der Waals surface area contributed by atoms with Gasteiger partial charge in [0.15, 0.2) is 11.5 Å². The van der Waals surface area contributed by atoms with E-state index in [-0.39, 0.29) is 16.7 Å². The molecular formula is C23H26O12. The van der Waals surface area contributed by atoms with Crippen molar-refractivity contribution in [3.05, 3.63) is 33.7 Å². The summed E-state index contributed by atoms with van der Waals surface area (Å²) < 4.78 is 32.7. The van der Waals surface area contributed by atoms with Gasteiger partial charge in [-0.15, -0.1) is 0 Å². The molecule has 12 heteroatoms. The van der Waals surface area contributed by atoms with Gasteiger partial charge in [0.25, 0.3) is 0 Å². The van der Waals surface area contributed by atoms with E-state index >= 15 is 0 Å². The van der Waals surface area contributed by atoms with E-state index in [1.54, 1.807) is 13.8 Å². The fourth-order valence-corrected chi connectivity index (χ4v) is 3.75. The van der Waals surface area contributed by atoms with Crippen LogP contribution in [0.25, 0.3) is 11.0 Å². The quantitative estimate of drug-likeness (QED) is 0.432. The highest BCUT2D eigenvalue weighted by atomic mass is 16.7. The molecule has 5 atom stereocenters. The second-order valence-corrected chi connectivity index (χ2v) is 8.05. The standard InChI is InChI=1S/C23H26O12/c1-9-6-14(27)18-15(28)7-16(10(2)20(18)31-9)34-23-22(33-13(5)26)21(32-12(4)25)19(29)17(35-23)8-30-11(3)24/h6-7,17,19,21-23,28-29H,8H2,1-5H3/t17-,19-,21+,22-,23-/m1/s1. The first-order chi connectivity index (χ1) is 16.4. The average molecular weight is 494 g/mol. The third kappa shape index (κ3) is 5.72. The fourth-order valence-electron chi connectivity index (χ4n) is 3.75. The van der Waals surface area contributed by atoms with Gasteiger partial charge < -0.3 is 38.3 Å². The highest BCUT2D eigenvalue weighted by Gasteiger charge is 2.51. The van der Waals surface area contributed by atoms with Crippen LogP contribution in [0.15, 0.2) is 21.3 Å². The summed E-state index contributed by atoms with van der Waals surface area (Å²) >= 11 is 0. The number of carbonyl (C=O) groups excluding carboxylic acids is 3. The molecular weight excluding hydrogens is 468 g/mol. The summed E-state index contributed by atoms with van der Waals surface area (Å²) in [6.07, 6.45) is -7.14. The summed E-state index contributed by atoms with van der Waals surface area (Å²) in [6.45, 7) is 6.07. The molecule has 1 aromatic carbocycles. The van der Waals surface area contributed by atoms with Crippen molar-refractivity contribution in [2.45, 2.75) is 65.3 Å². The number of rotatable bonds is 6. The van der Waals surface area contributed by atoms with Crippen LogP contribution in [0.2, 0.25) is 0 Å². The Labute approximate surface area is 199 Å². The first-order valence-electron chi connectivity index (χ1n) is 10.6. The molecule has 2 N–H and O–H groups in total. The van der Waals surface area contributed by atoms with Gasteiger partial charge >= 0.3 is 17.9 Å². The number of aliphatic hydroxyl groups excluding tert-OH is 1. The minimum Gasteiger partial charge on any atom is -0.507 e. The van der Waals surface area contributed by atoms with E-state index in [1.807, 2.05) is 0 Å². The first-order valence-corrected chi connectivity index (χ1v) is 10.6. The van der Waals surface area contributed by atoms with E-state index in [9.17, 15) is 29.4 Å². The molecule has 2 heterocycles. The summed E-state index contributed by atoms with van der Waals surface area (Å²) in [5.41, 5.74) is -0.0737. The van der Waals surface area contributed by atoms with Gasteiger partial charge in [-0.05, 0) is 13.8 Å². The summed E-state index contributed by atoms with van der Waals surface area (Å²) in [4.78, 5) is 47.1. The van der Waals surface area contributed by atoms with Crippen LogP contribution in [0.4, 0.5) is 0 Å². The zero-order chi connectivity index (χ0) is 26.0. The molecule has 0 amide bonds. The molecule has 0 unspecified atom stereocenters. The highest BCUT2D eigenvalue weighted by Crippen LogP contribution is 2.36. The number of hydrogen-bond donors (Lipinski definition) is 2. The van der Waals surface area contributed by atoms with Gasteiger partial charge in [0.05, 0.1) is 0 Å². The van der Waals surface area contributed by atoms with Gasteiger partial charge in [0.1, 0.15) is 47.0 Å². The summed E-state index contributed by atoms with van der Waals surface area (Å²) in [5, 5.41) is 21.1. The number of fused-ring (bicyclic) bond motifs is 1. The maximum atomic E-state index is 12.3. The smallest absolute Gasteiger partial charge is 0.303 e. The normalized spacial score (nSPS) is 24.0. The van der Waals surface area contributed by atoms with Gasteiger partial charge in [-0.1, -0.05) is 0 Å². The monoisotopic (exact) mass is 494 g/mol. The maximum absolute atomic E-state index is 12.3. The largest absolute Gasteiger partial charge is 0.507 e. The maximum Gasteiger partial charge on any atom is 0.303 e. The number of esters is 3. The number of hydrogen-bond acceptors (Lipinski definition) is 12. The molecule has 1 fully saturated rings. The highest BCUT2D eigenvalue weighted by molar-refractivity contribution is 5.87. The number of carbonyl (C=O) groups is 3. The van der Waals surface area contributed by atoms with Crippen molar-refractivity contribution in [2.24, 2.45) is 0 Å². The molecule has 1 aliphatic rings. The molecule has 12 nitrogen and oxygen atoms in total. The van der Waals surface area contributed by atoms with Gasteiger partial charge in [0, 0.05) is 38.5 Å². The molecule has 1 aliphatic heterocycles. The van der Waals surface area contributed by atoms with Crippen molar-refractivity contribution in [1.29, 1.82) is 0 Å².